The Kier molecular flexibility index (Phi) is 4.84. The molecule has 3 aromatic carbocycles. The van der Waals surface area contributed by atoms with Gasteiger partial charge in [-0.3, -0.25) is 4.79 Å². The van der Waals surface area contributed by atoms with E-state index < -0.39 is 11.6 Å². The van der Waals surface area contributed by atoms with Crippen molar-refractivity contribution in [1.82, 2.24) is 9.78 Å². The molecular formula is C24H17ClN2O4. The topological polar surface area (TPSA) is 62.6 Å². The van der Waals surface area contributed by atoms with Crippen LogP contribution in [0.5, 0.6) is 28.7 Å². The molecule has 0 aliphatic carbocycles. The van der Waals surface area contributed by atoms with Crippen molar-refractivity contribution in [2.45, 2.75) is 6.04 Å². The molecule has 1 aliphatic rings. The first-order chi connectivity index (χ1) is 15.2. The summed E-state index contributed by atoms with van der Waals surface area (Å²) in [5.41, 5.74) is 1.21. The molecule has 2 heterocycles. The van der Waals surface area contributed by atoms with E-state index >= 15 is 0 Å². The third kappa shape index (κ3) is 3.41. The Morgan fingerprint density at radius 2 is 1.48 bits per heavy atom. The third-order valence-electron chi connectivity index (χ3n) is 5.09. The van der Waals surface area contributed by atoms with Crippen molar-refractivity contribution in [2.24, 2.45) is 0 Å². The van der Waals surface area contributed by atoms with Gasteiger partial charge < -0.3 is 14.2 Å². The van der Waals surface area contributed by atoms with Gasteiger partial charge in [-0.25, -0.2) is 4.68 Å². The van der Waals surface area contributed by atoms with E-state index in [0.29, 0.717) is 23.0 Å². The van der Waals surface area contributed by atoms with Crippen LogP contribution in [0.25, 0.3) is 0 Å². The minimum Gasteiger partial charge on any atom is -0.497 e. The molecule has 154 valence electrons. The van der Waals surface area contributed by atoms with E-state index in [2.05, 4.69) is 5.10 Å². The standard InChI is InChI=1S/C24H17ClN2O4/c1-29-15-10-12-16(13-11-15)30-23-19(25)14-26-27(24(23)28)22-17-6-2-4-8-20(17)31-21-9-5-3-7-18(21)22/h2-14,22H,1H3. The highest BCUT2D eigenvalue weighted by atomic mass is 35.5. The van der Waals surface area contributed by atoms with Gasteiger partial charge >= 0.3 is 5.56 Å². The second kappa shape index (κ2) is 7.81. The molecule has 7 heteroatoms. The maximum Gasteiger partial charge on any atom is 0.312 e. The van der Waals surface area contributed by atoms with E-state index in [1.807, 2.05) is 48.5 Å². The maximum absolute atomic E-state index is 13.5. The first-order valence-corrected chi connectivity index (χ1v) is 9.98. The quantitative estimate of drug-likeness (QED) is 0.378. The fourth-order valence-corrected chi connectivity index (χ4v) is 3.78. The number of rotatable bonds is 4. The summed E-state index contributed by atoms with van der Waals surface area (Å²) in [5.74, 6) is 2.49. The van der Waals surface area contributed by atoms with Crippen LogP contribution in [-0.2, 0) is 0 Å². The highest BCUT2D eigenvalue weighted by Gasteiger charge is 2.31. The Hall–Kier alpha value is -3.77. The van der Waals surface area contributed by atoms with Crippen LogP contribution < -0.4 is 19.8 Å². The molecule has 0 spiro atoms. The van der Waals surface area contributed by atoms with E-state index in [1.54, 1.807) is 31.4 Å². The highest BCUT2D eigenvalue weighted by Crippen LogP contribution is 2.44. The summed E-state index contributed by atoms with van der Waals surface area (Å²) in [7, 11) is 1.58. The summed E-state index contributed by atoms with van der Waals surface area (Å²) < 4.78 is 18.4. The van der Waals surface area contributed by atoms with Gasteiger partial charge in [0.2, 0.25) is 5.75 Å². The van der Waals surface area contributed by atoms with Crippen molar-refractivity contribution in [3.8, 4) is 28.7 Å². The van der Waals surface area contributed by atoms with E-state index in [-0.39, 0.29) is 10.8 Å². The van der Waals surface area contributed by atoms with Gasteiger partial charge in [0.25, 0.3) is 0 Å². The molecule has 5 rings (SSSR count). The molecule has 0 bridgehead atoms. The number of ether oxygens (including phenoxy) is 3. The Bertz CT molecular complexity index is 1270. The van der Waals surface area contributed by atoms with Crippen LogP contribution in [0.1, 0.15) is 17.2 Å². The molecule has 0 N–H and O–H groups in total. The van der Waals surface area contributed by atoms with Gasteiger partial charge in [-0.15, -0.1) is 0 Å². The largest absolute Gasteiger partial charge is 0.497 e. The maximum atomic E-state index is 13.5. The fourth-order valence-electron chi connectivity index (χ4n) is 3.62. The van der Waals surface area contributed by atoms with E-state index in [0.717, 1.165) is 11.1 Å². The SMILES string of the molecule is COc1ccc(Oc2c(Cl)cnn(C3c4ccccc4Oc4ccccc43)c2=O)cc1. The number of para-hydroxylation sites is 2. The minimum absolute atomic E-state index is 0.00304. The lowest BCUT2D eigenvalue weighted by atomic mass is 9.94. The monoisotopic (exact) mass is 432 g/mol. The average molecular weight is 433 g/mol. The average Bonchev–Trinajstić information content (AvgIpc) is 2.81. The zero-order valence-corrected chi connectivity index (χ0v) is 17.2. The summed E-state index contributed by atoms with van der Waals surface area (Å²) in [5, 5.41) is 4.48. The van der Waals surface area contributed by atoms with E-state index in [9.17, 15) is 4.79 Å². The molecule has 6 nitrogen and oxygen atoms in total. The van der Waals surface area contributed by atoms with Crippen LogP contribution in [0.4, 0.5) is 0 Å². The molecule has 1 aromatic heterocycles. The number of methoxy groups -OCH3 is 1. The van der Waals surface area contributed by atoms with Crippen LogP contribution in [0.2, 0.25) is 5.02 Å². The lowest BCUT2D eigenvalue weighted by Crippen LogP contribution is -2.31. The highest BCUT2D eigenvalue weighted by molar-refractivity contribution is 6.31. The van der Waals surface area contributed by atoms with Gasteiger partial charge in [-0.2, -0.15) is 5.10 Å². The Morgan fingerprint density at radius 1 is 0.903 bits per heavy atom. The smallest absolute Gasteiger partial charge is 0.312 e. The Labute approximate surface area is 183 Å². The molecule has 0 amide bonds. The number of hydrogen-bond acceptors (Lipinski definition) is 5. The van der Waals surface area contributed by atoms with Crippen molar-refractivity contribution in [3.05, 3.63) is 105 Å². The molecule has 4 aromatic rings. The lowest BCUT2D eigenvalue weighted by Gasteiger charge is -2.28. The zero-order chi connectivity index (χ0) is 21.4. The third-order valence-corrected chi connectivity index (χ3v) is 5.35. The number of hydrogen-bond donors (Lipinski definition) is 0. The summed E-state index contributed by atoms with van der Waals surface area (Å²) in [6.45, 7) is 0. The second-order valence-electron chi connectivity index (χ2n) is 6.93. The van der Waals surface area contributed by atoms with Crippen molar-refractivity contribution < 1.29 is 14.2 Å². The van der Waals surface area contributed by atoms with Crippen LogP contribution in [0.3, 0.4) is 0 Å². The number of benzene rings is 3. The van der Waals surface area contributed by atoms with Crippen molar-refractivity contribution in [3.63, 3.8) is 0 Å². The number of aromatic nitrogens is 2. The summed E-state index contributed by atoms with van der Waals surface area (Å²) >= 11 is 6.30. The lowest BCUT2D eigenvalue weighted by molar-refractivity contribution is 0.405. The van der Waals surface area contributed by atoms with E-state index in [4.69, 9.17) is 25.8 Å². The van der Waals surface area contributed by atoms with Gasteiger partial charge in [0.1, 0.15) is 34.1 Å². The fraction of sp³-hybridized carbons (Fsp3) is 0.0833. The van der Waals surface area contributed by atoms with Crippen LogP contribution in [0.15, 0.2) is 83.8 Å². The van der Waals surface area contributed by atoms with E-state index in [1.165, 1.54) is 10.9 Å². The molecule has 0 atom stereocenters. The molecule has 31 heavy (non-hydrogen) atoms. The Morgan fingerprint density at radius 3 is 2.10 bits per heavy atom. The van der Waals surface area contributed by atoms with Crippen molar-refractivity contribution in [1.29, 1.82) is 0 Å². The molecule has 0 saturated heterocycles. The van der Waals surface area contributed by atoms with Crippen LogP contribution in [0, 0.1) is 0 Å². The normalized spacial score (nSPS) is 12.5. The van der Waals surface area contributed by atoms with Gasteiger partial charge in [0.15, 0.2) is 0 Å². The molecular weight excluding hydrogens is 416 g/mol. The summed E-state index contributed by atoms with van der Waals surface area (Å²) in [4.78, 5) is 13.5. The van der Waals surface area contributed by atoms with Gasteiger partial charge in [0.05, 0.1) is 13.3 Å². The first kappa shape index (κ1) is 19.2. The molecule has 0 saturated carbocycles. The second-order valence-corrected chi connectivity index (χ2v) is 7.34. The molecule has 0 fully saturated rings. The summed E-state index contributed by atoms with van der Waals surface area (Å²) in [6.07, 6.45) is 1.42. The van der Waals surface area contributed by atoms with Crippen LogP contribution >= 0.6 is 11.6 Å². The van der Waals surface area contributed by atoms with Crippen LogP contribution in [-0.4, -0.2) is 16.9 Å². The zero-order valence-electron chi connectivity index (χ0n) is 16.5. The number of fused-ring (bicyclic) bond motifs is 2. The molecule has 1 aliphatic heterocycles. The minimum atomic E-state index is -0.482. The summed E-state index contributed by atoms with van der Waals surface area (Å²) in [6, 6.07) is 21.6. The van der Waals surface area contributed by atoms with Gasteiger partial charge in [0, 0.05) is 11.1 Å². The number of halogens is 1. The van der Waals surface area contributed by atoms with Gasteiger partial charge in [-0.1, -0.05) is 48.0 Å². The Balaban J connectivity index is 1.63. The predicted molar refractivity (Wildman–Crippen MR) is 117 cm³/mol. The van der Waals surface area contributed by atoms with Gasteiger partial charge in [-0.05, 0) is 36.4 Å². The molecule has 0 unspecified atom stereocenters. The first-order valence-electron chi connectivity index (χ1n) is 9.60. The van der Waals surface area contributed by atoms with Crippen molar-refractivity contribution >= 4 is 11.6 Å². The molecule has 0 radical (unpaired) electrons. The van der Waals surface area contributed by atoms with Crippen molar-refractivity contribution in [2.75, 3.05) is 7.11 Å². The number of nitrogens with zero attached hydrogens (tertiary/aromatic N) is 2. The predicted octanol–water partition coefficient (Wildman–Crippen LogP) is 5.44.